The van der Waals surface area contributed by atoms with Crippen LogP contribution in [-0.4, -0.2) is 47.3 Å². The molecule has 1 atom stereocenters. The zero-order valence-corrected chi connectivity index (χ0v) is 23.0. The van der Waals surface area contributed by atoms with E-state index in [9.17, 15) is 9.90 Å². The summed E-state index contributed by atoms with van der Waals surface area (Å²) >= 11 is 1.09. The van der Waals surface area contributed by atoms with E-state index in [2.05, 4.69) is 8.75 Å². The van der Waals surface area contributed by atoms with Crippen LogP contribution in [0.2, 0.25) is 0 Å². The fourth-order valence-corrected chi connectivity index (χ4v) is 5.18. The molecule has 1 aliphatic heterocycles. The van der Waals surface area contributed by atoms with Gasteiger partial charge in [-0.25, -0.2) is 4.79 Å². The maximum Gasteiger partial charge on any atom is 0.342 e. The second kappa shape index (κ2) is 10.5. The lowest BCUT2D eigenvalue weighted by molar-refractivity contribution is -0.185. The van der Waals surface area contributed by atoms with Gasteiger partial charge >= 0.3 is 5.97 Å². The molecule has 0 saturated carbocycles. The molecule has 202 valence electrons. The first-order valence-electron chi connectivity index (χ1n) is 12.3. The number of carbonyl (C=O) groups excluding carboxylic acids is 1. The average Bonchev–Trinajstić information content (AvgIpc) is 3.49. The third-order valence-corrected chi connectivity index (χ3v) is 6.98. The molecule has 0 fully saturated rings. The van der Waals surface area contributed by atoms with E-state index in [1.54, 1.807) is 69.9 Å². The zero-order valence-electron chi connectivity index (χ0n) is 22.2. The predicted molar refractivity (Wildman–Crippen MR) is 146 cm³/mol. The molecule has 0 bridgehead atoms. The quantitative estimate of drug-likeness (QED) is 0.292. The summed E-state index contributed by atoms with van der Waals surface area (Å²) in [6.07, 6.45) is 0.0193. The zero-order chi connectivity index (χ0) is 27.7. The predicted octanol–water partition coefficient (Wildman–Crippen LogP) is 4.90. The third kappa shape index (κ3) is 4.88. The van der Waals surface area contributed by atoms with E-state index in [0.29, 0.717) is 45.2 Å². The van der Waals surface area contributed by atoms with E-state index < -0.39 is 11.8 Å². The number of hydrogen-bond acceptors (Lipinski definition) is 10. The van der Waals surface area contributed by atoms with Gasteiger partial charge < -0.3 is 28.8 Å². The number of carbonyl (C=O) groups is 1. The summed E-state index contributed by atoms with van der Waals surface area (Å²) in [6.45, 7) is 3.82. The Hall–Kier alpha value is -4.15. The number of benzene rings is 3. The summed E-state index contributed by atoms with van der Waals surface area (Å²) in [6, 6.07) is 15.7. The van der Waals surface area contributed by atoms with Crippen LogP contribution >= 0.6 is 11.7 Å². The van der Waals surface area contributed by atoms with E-state index >= 15 is 0 Å². The summed E-state index contributed by atoms with van der Waals surface area (Å²) in [4.78, 5) is 13.4. The number of ether oxygens (including phenoxy) is 5. The topological polar surface area (TPSA) is 109 Å². The molecule has 3 aromatic carbocycles. The van der Waals surface area contributed by atoms with Gasteiger partial charge in [0.15, 0.2) is 11.5 Å². The Kier molecular flexibility index (Phi) is 7.16. The minimum absolute atomic E-state index is 0.125. The summed E-state index contributed by atoms with van der Waals surface area (Å²) in [5.41, 5.74) is 3.66. The molecule has 2 heterocycles. The Morgan fingerprint density at radius 2 is 1.64 bits per heavy atom. The number of aromatic nitrogens is 2. The van der Waals surface area contributed by atoms with Crippen molar-refractivity contribution < 1.29 is 33.6 Å². The van der Waals surface area contributed by atoms with Crippen LogP contribution < -0.4 is 18.9 Å². The van der Waals surface area contributed by atoms with Gasteiger partial charge in [-0.3, -0.25) is 0 Å². The van der Waals surface area contributed by atoms with Crippen molar-refractivity contribution in [2.45, 2.75) is 32.2 Å². The van der Waals surface area contributed by atoms with Gasteiger partial charge in [-0.2, -0.15) is 8.75 Å². The van der Waals surface area contributed by atoms with Crippen LogP contribution in [0, 0.1) is 0 Å². The second-order valence-corrected chi connectivity index (χ2v) is 9.78. The molecule has 0 radical (unpaired) electrons. The highest BCUT2D eigenvalue weighted by molar-refractivity contribution is 7.00. The highest BCUT2D eigenvalue weighted by Gasteiger charge is 2.48. The van der Waals surface area contributed by atoms with Gasteiger partial charge in [0, 0.05) is 17.6 Å². The third-order valence-electron chi connectivity index (χ3n) is 6.43. The summed E-state index contributed by atoms with van der Waals surface area (Å²) in [5.74, 6) is -0.674. The molecule has 5 rings (SSSR count). The fraction of sp³-hybridized carbons (Fsp3) is 0.276. The Balaban J connectivity index is 1.70. The Bertz CT molecular complexity index is 1560. The molecular weight excluding hydrogens is 520 g/mol. The summed E-state index contributed by atoms with van der Waals surface area (Å²) in [7, 11) is 4.64. The van der Waals surface area contributed by atoms with Crippen molar-refractivity contribution in [3.63, 3.8) is 0 Å². The number of hydrogen-bond donors (Lipinski definition) is 1. The van der Waals surface area contributed by atoms with Gasteiger partial charge in [0.2, 0.25) is 5.75 Å². The standard InChI is InChI=1S/C29H28N2O7S/c1-16(2)37-25-14-17(13-24(35-4)27(25)36-5)12-21-26(18-6-11-22-23(15-18)31-39-30-22)28(32)38-29(21,33)19-7-9-20(34-3)10-8-19/h6-11,13-16,33H,12H2,1-5H3. The van der Waals surface area contributed by atoms with Crippen molar-refractivity contribution in [1.82, 2.24) is 8.75 Å². The number of fused-ring (bicyclic) bond motifs is 1. The minimum atomic E-state index is -2.03. The SMILES string of the molecule is COc1ccc(C2(O)OC(=O)C(c3ccc4nsnc4c3)=C2Cc2cc(OC)c(OC)c(OC(C)C)c2)cc1. The molecule has 39 heavy (non-hydrogen) atoms. The van der Waals surface area contributed by atoms with Gasteiger partial charge in [-0.05, 0) is 73.5 Å². The molecule has 10 heteroatoms. The molecular formula is C29H28N2O7S. The Morgan fingerprint density at radius 1 is 0.923 bits per heavy atom. The number of cyclic esters (lactones) is 1. The maximum atomic E-state index is 13.4. The number of aliphatic hydroxyl groups is 1. The van der Waals surface area contributed by atoms with Crippen molar-refractivity contribution in [3.05, 3.63) is 76.9 Å². The van der Waals surface area contributed by atoms with Gasteiger partial charge in [0.05, 0.1) is 44.7 Å². The van der Waals surface area contributed by atoms with Gasteiger partial charge in [0.1, 0.15) is 16.8 Å². The highest BCUT2D eigenvalue weighted by Crippen LogP contribution is 2.47. The molecule has 0 aliphatic carbocycles. The number of nitrogens with zero attached hydrogens (tertiary/aromatic N) is 2. The number of rotatable bonds is 9. The van der Waals surface area contributed by atoms with Crippen LogP contribution in [0.4, 0.5) is 0 Å². The van der Waals surface area contributed by atoms with Crippen molar-refractivity contribution in [2.24, 2.45) is 0 Å². The van der Waals surface area contributed by atoms with Crippen LogP contribution in [0.3, 0.4) is 0 Å². The molecule has 4 aromatic rings. The van der Waals surface area contributed by atoms with Gasteiger partial charge in [-0.1, -0.05) is 6.07 Å². The van der Waals surface area contributed by atoms with Crippen LogP contribution in [0.1, 0.15) is 30.5 Å². The first-order valence-corrected chi connectivity index (χ1v) is 13.0. The molecule has 1 N–H and O–H groups in total. The van der Waals surface area contributed by atoms with E-state index in [0.717, 1.165) is 22.8 Å². The largest absolute Gasteiger partial charge is 0.497 e. The molecule has 0 saturated heterocycles. The van der Waals surface area contributed by atoms with Crippen LogP contribution in [0.15, 0.2) is 60.2 Å². The van der Waals surface area contributed by atoms with Gasteiger partial charge in [-0.15, -0.1) is 0 Å². The van der Waals surface area contributed by atoms with Crippen molar-refractivity contribution >= 4 is 34.3 Å². The van der Waals surface area contributed by atoms with E-state index in [-0.39, 0.29) is 18.1 Å². The lowest BCUT2D eigenvalue weighted by Crippen LogP contribution is -2.29. The lowest BCUT2D eigenvalue weighted by Gasteiger charge is -2.26. The molecule has 1 aromatic heterocycles. The minimum Gasteiger partial charge on any atom is -0.497 e. The molecule has 1 aliphatic rings. The van der Waals surface area contributed by atoms with E-state index in [1.807, 2.05) is 19.9 Å². The van der Waals surface area contributed by atoms with Crippen LogP contribution in [0.25, 0.3) is 16.6 Å². The Labute approximate surface area is 229 Å². The summed E-state index contributed by atoms with van der Waals surface area (Å²) < 4.78 is 36.7. The first-order chi connectivity index (χ1) is 18.8. The van der Waals surface area contributed by atoms with Crippen molar-refractivity contribution in [3.8, 4) is 23.0 Å². The fourth-order valence-electron chi connectivity index (χ4n) is 4.66. The van der Waals surface area contributed by atoms with Crippen molar-refractivity contribution in [2.75, 3.05) is 21.3 Å². The number of esters is 1. The molecule has 0 amide bonds. The van der Waals surface area contributed by atoms with E-state index in [1.165, 1.54) is 0 Å². The maximum absolute atomic E-state index is 13.4. The molecule has 1 unspecified atom stereocenters. The summed E-state index contributed by atoms with van der Waals surface area (Å²) in [5, 5.41) is 12.0. The van der Waals surface area contributed by atoms with Crippen molar-refractivity contribution in [1.29, 1.82) is 0 Å². The van der Waals surface area contributed by atoms with E-state index in [4.69, 9.17) is 23.7 Å². The highest BCUT2D eigenvalue weighted by atomic mass is 32.1. The lowest BCUT2D eigenvalue weighted by atomic mass is 9.88. The monoisotopic (exact) mass is 548 g/mol. The second-order valence-electron chi connectivity index (χ2n) is 9.26. The number of methoxy groups -OCH3 is 3. The molecule has 0 spiro atoms. The van der Waals surface area contributed by atoms with Crippen LogP contribution in [0.5, 0.6) is 23.0 Å². The smallest absolute Gasteiger partial charge is 0.342 e. The average molecular weight is 549 g/mol. The van der Waals surface area contributed by atoms with Crippen LogP contribution in [-0.2, 0) is 21.7 Å². The first kappa shape index (κ1) is 26.5. The molecule has 9 nitrogen and oxygen atoms in total. The van der Waals surface area contributed by atoms with Gasteiger partial charge in [0.25, 0.3) is 5.79 Å². The normalized spacial score (nSPS) is 17.1. The Morgan fingerprint density at radius 3 is 2.31 bits per heavy atom.